The van der Waals surface area contributed by atoms with Crippen molar-refractivity contribution >= 4 is 61.2 Å². The third-order valence-electron chi connectivity index (χ3n) is 6.18. The first-order valence-corrected chi connectivity index (χ1v) is 15.0. The van der Waals surface area contributed by atoms with E-state index in [1.54, 1.807) is 23.5 Å². The van der Waals surface area contributed by atoms with Crippen molar-refractivity contribution < 1.29 is 8.42 Å². The average molecular weight is 560 g/mol. The molecule has 10 heteroatoms. The van der Waals surface area contributed by atoms with Crippen LogP contribution in [0.2, 0.25) is 5.02 Å². The fraction of sp³-hybridized carbons (Fsp3) is 0.107. The molecule has 0 saturated heterocycles. The molecule has 0 amide bonds. The third-order valence-corrected chi connectivity index (χ3v) is 7.99. The van der Waals surface area contributed by atoms with Gasteiger partial charge in [-0.1, -0.05) is 60.1 Å². The number of halogens is 1. The smallest absolute Gasteiger partial charge is 0.247 e. The number of fused-ring (bicyclic) bond motifs is 1. The van der Waals surface area contributed by atoms with Crippen LogP contribution in [0.5, 0.6) is 0 Å². The molecule has 0 bridgehead atoms. The van der Waals surface area contributed by atoms with E-state index in [1.165, 1.54) is 0 Å². The lowest BCUT2D eigenvalue weighted by Crippen LogP contribution is -2.20. The van der Waals surface area contributed by atoms with Gasteiger partial charge in [-0.05, 0) is 47.3 Å². The molecule has 0 aliphatic carbocycles. The summed E-state index contributed by atoms with van der Waals surface area (Å²) in [7, 11) is -3.40. The number of nitrogens with one attached hydrogen (secondary N) is 1. The Kier molecular flexibility index (Phi) is 6.35. The quantitative estimate of drug-likeness (QED) is 0.249. The highest BCUT2D eigenvalue weighted by molar-refractivity contribution is 7.92. The highest BCUT2D eigenvalue weighted by atomic mass is 35.5. The monoisotopic (exact) mass is 559 g/mol. The van der Waals surface area contributed by atoms with Crippen molar-refractivity contribution in [2.24, 2.45) is 5.10 Å². The van der Waals surface area contributed by atoms with E-state index in [4.69, 9.17) is 26.7 Å². The Balaban J connectivity index is 1.49. The van der Waals surface area contributed by atoms with E-state index in [1.807, 2.05) is 77.1 Å². The van der Waals surface area contributed by atoms with E-state index in [9.17, 15) is 8.42 Å². The van der Waals surface area contributed by atoms with Crippen molar-refractivity contribution in [1.82, 2.24) is 9.97 Å². The molecule has 6 rings (SSSR count). The number of rotatable bonds is 6. The topological polar surface area (TPSA) is 87.5 Å². The maximum absolute atomic E-state index is 11.8. The lowest BCUT2D eigenvalue weighted by atomic mass is 10.0. The highest BCUT2D eigenvalue weighted by Gasteiger charge is 2.33. The number of sulfonamides is 1. The third kappa shape index (κ3) is 5.00. The van der Waals surface area contributed by atoms with Gasteiger partial charge in [0.25, 0.3) is 0 Å². The number of hydrogen-bond donors (Lipinski definition) is 1. The van der Waals surface area contributed by atoms with Gasteiger partial charge in [-0.15, -0.1) is 11.3 Å². The van der Waals surface area contributed by atoms with Crippen molar-refractivity contribution in [1.29, 1.82) is 0 Å². The van der Waals surface area contributed by atoms with E-state index >= 15 is 0 Å². The van der Waals surface area contributed by atoms with Crippen molar-refractivity contribution in [3.05, 3.63) is 106 Å². The van der Waals surface area contributed by atoms with Crippen molar-refractivity contribution in [3.63, 3.8) is 0 Å². The van der Waals surface area contributed by atoms with Gasteiger partial charge in [0.2, 0.25) is 16.0 Å². The molecule has 3 heterocycles. The first kappa shape index (κ1) is 24.5. The summed E-state index contributed by atoms with van der Waals surface area (Å²) in [6.07, 6.45) is 1.75. The van der Waals surface area contributed by atoms with E-state index in [0.717, 1.165) is 44.6 Å². The van der Waals surface area contributed by atoms with Crippen molar-refractivity contribution in [3.8, 4) is 11.3 Å². The minimum absolute atomic E-state index is 0.107. The van der Waals surface area contributed by atoms with Gasteiger partial charge in [0.05, 0.1) is 29.2 Å². The van der Waals surface area contributed by atoms with Crippen LogP contribution < -0.4 is 9.73 Å². The first-order chi connectivity index (χ1) is 18.3. The van der Waals surface area contributed by atoms with Gasteiger partial charge in [0.15, 0.2) is 0 Å². The van der Waals surface area contributed by atoms with Gasteiger partial charge < -0.3 is 0 Å². The van der Waals surface area contributed by atoms with Crippen molar-refractivity contribution in [2.75, 3.05) is 16.0 Å². The lowest BCUT2D eigenvalue weighted by molar-refractivity contribution is 0.607. The highest BCUT2D eigenvalue weighted by Crippen LogP contribution is 2.39. The summed E-state index contributed by atoms with van der Waals surface area (Å²) in [4.78, 5) is 11.0. The molecule has 38 heavy (non-hydrogen) atoms. The van der Waals surface area contributed by atoms with Gasteiger partial charge in [-0.3, -0.25) is 4.72 Å². The molecule has 5 aromatic rings. The van der Waals surface area contributed by atoms with Gasteiger partial charge in [0, 0.05) is 33.0 Å². The minimum Gasteiger partial charge on any atom is -0.284 e. The number of nitrogens with zero attached hydrogens (tertiary/aromatic N) is 4. The summed E-state index contributed by atoms with van der Waals surface area (Å²) < 4.78 is 26.1. The molecule has 0 unspecified atom stereocenters. The molecule has 0 fully saturated rings. The largest absolute Gasteiger partial charge is 0.284 e. The molecule has 1 atom stereocenters. The first-order valence-electron chi connectivity index (χ1n) is 11.9. The Labute approximate surface area is 229 Å². The second-order valence-electron chi connectivity index (χ2n) is 8.98. The maximum atomic E-state index is 11.8. The molecular weight excluding hydrogens is 538 g/mol. The fourth-order valence-corrected chi connectivity index (χ4v) is 6.09. The Morgan fingerprint density at radius 2 is 1.76 bits per heavy atom. The summed E-state index contributed by atoms with van der Waals surface area (Å²) in [5.41, 5.74) is 4.65. The number of hydrogen-bond acceptors (Lipinski definition) is 7. The van der Waals surface area contributed by atoms with Crippen LogP contribution in [0.3, 0.4) is 0 Å². The standard InChI is InChI=1S/C28H22ClN5O2S2/c1-38(35,36)33-21-10-5-9-19(15-21)24-17-25(26-11-6-14-37-26)34(32-24)28-30-23-13-12-20(29)16-22(23)27(31-28)18-7-3-2-4-8-18/h2-16,25,33H,17H2,1H3/t25-/m0/s1. The van der Waals surface area contributed by atoms with Crippen LogP contribution in [-0.4, -0.2) is 30.4 Å². The van der Waals surface area contributed by atoms with Gasteiger partial charge in [-0.2, -0.15) is 5.10 Å². The zero-order chi connectivity index (χ0) is 26.3. The van der Waals surface area contributed by atoms with Crippen LogP contribution in [0.4, 0.5) is 11.6 Å². The van der Waals surface area contributed by atoms with Crippen LogP contribution >= 0.6 is 22.9 Å². The van der Waals surface area contributed by atoms with Crippen LogP contribution in [-0.2, 0) is 10.0 Å². The number of benzene rings is 3. The Hall–Kier alpha value is -3.79. The van der Waals surface area contributed by atoms with E-state index in [2.05, 4.69) is 10.8 Å². The molecular formula is C28H22ClN5O2S2. The molecule has 0 radical (unpaired) electrons. The van der Waals surface area contributed by atoms with E-state index in [0.29, 0.717) is 23.1 Å². The Bertz CT molecular complexity index is 1770. The zero-order valence-electron chi connectivity index (χ0n) is 20.2. The average Bonchev–Trinajstić information content (AvgIpc) is 3.58. The van der Waals surface area contributed by atoms with Gasteiger partial charge in [0.1, 0.15) is 0 Å². The summed E-state index contributed by atoms with van der Waals surface area (Å²) in [5, 5.41) is 10.4. The Morgan fingerprint density at radius 1 is 0.947 bits per heavy atom. The van der Waals surface area contributed by atoms with E-state index < -0.39 is 10.0 Å². The lowest BCUT2D eigenvalue weighted by Gasteiger charge is -2.21. The zero-order valence-corrected chi connectivity index (χ0v) is 22.6. The number of anilines is 2. The molecule has 1 aliphatic heterocycles. The predicted octanol–water partition coefficient (Wildman–Crippen LogP) is 6.74. The second kappa shape index (κ2) is 9.83. The molecule has 190 valence electrons. The molecule has 1 N–H and O–H groups in total. The normalized spacial score (nSPS) is 15.6. The summed E-state index contributed by atoms with van der Waals surface area (Å²) in [6.45, 7) is 0. The molecule has 0 spiro atoms. The van der Waals surface area contributed by atoms with E-state index in [-0.39, 0.29) is 6.04 Å². The summed E-state index contributed by atoms with van der Waals surface area (Å²) in [6, 6.07) is 26.8. The number of aromatic nitrogens is 2. The SMILES string of the molecule is CS(=O)(=O)Nc1cccc(C2=NN(c3nc(-c4ccccc4)c4cc(Cl)ccc4n3)[C@H](c3cccs3)C2)c1. The van der Waals surface area contributed by atoms with Gasteiger partial charge >= 0.3 is 0 Å². The van der Waals surface area contributed by atoms with Crippen LogP contribution in [0.15, 0.2) is 95.4 Å². The molecule has 0 saturated carbocycles. The Morgan fingerprint density at radius 3 is 2.53 bits per heavy atom. The molecule has 7 nitrogen and oxygen atoms in total. The van der Waals surface area contributed by atoms with Gasteiger partial charge in [-0.25, -0.2) is 23.4 Å². The molecule has 3 aromatic carbocycles. The van der Waals surface area contributed by atoms with Crippen LogP contribution in [0.25, 0.3) is 22.2 Å². The number of hydrazone groups is 1. The summed E-state index contributed by atoms with van der Waals surface area (Å²) in [5.74, 6) is 0.484. The fourth-order valence-electron chi connectivity index (χ4n) is 4.56. The molecule has 1 aliphatic rings. The molecule has 2 aromatic heterocycles. The maximum Gasteiger partial charge on any atom is 0.247 e. The number of thiophene rings is 1. The second-order valence-corrected chi connectivity index (χ2v) is 12.1. The van der Waals surface area contributed by atoms with Crippen LogP contribution in [0.1, 0.15) is 22.9 Å². The predicted molar refractivity (Wildman–Crippen MR) is 156 cm³/mol. The van der Waals surface area contributed by atoms with Crippen molar-refractivity contribution in [2.45, 2.75) is 12.5 Å². The minimum atomic E-state index is -3.40. The summed E-state index contributed by atoms with van der Waals surface area (Å²) >= 11 is 8.00. The van der Waals surface area contributed by atoms with Crippen LogP contribution in [0, 0.1) is 0 Å².